The van der Waals surface area contributed by atoms with Crippen LogP contribution in [0.4, 0.5) is 0 Å². The number of hydrogen-bond acceptors (Lipinski definition) is 5. The zero-order chi connectivity index (χ0) is 18.1. The Morgan fingerprint density at radius 2 is 2.08 bits per heavy atom. The highest BCUT2D eigenvalue weighted by Gasteiger charge is 2.15. The first kappa shape index (κ1) is 15.9. The summed E-state index contributed by atoms with van der Waals surface area (Å²) in [4.78, 5) is 31.5. The molecule has 1 aromatic carbocycles. The van der Waals surface area contributed by atoms with Gasteiger partial charge in [0.25, 0.3) is 5.56 Å². The van der Waals surface area contributed by atoms with Crippen molar-refractivity contribution in [3.63, 3.8) is 0 Å². The van der Waals surface area contributed by atoms with E-state index >= 15 is 0 Å². The summed E-state index contributed by atoms with van der Waals surface area (Å²) in [5, 5.41) is 0.340. The van der Waals surface area contributed by atoms with Crippen molar-refractivity contribution in [3.05, 3.63) is 81.5 Å². The summed E-state index contributed by atoms with van der Waals surface area (Å²) in [5.74, 6) is 1.27. The van der Waals surface area contributed by atoms with E-state index in [-0.39, 0.29) is 6.54 Å². The van der Waals surface area contributed by atoms with Gasteiger partial charge in [0.2, 0.25) is 0 Å². The molecule has 7 nitrogen and oxygen atoms in total. The number of aromatic amines is 1. The van der Waals surface area contributed by atoms with Gasteiger partial charge in [-0.2, -0.15) is 0 Å². The van der Waals surface area contributed by atoms with Crippen LogP contribution in [0.2, 0.25) is 0 Å². The van der Waals surface area contributed by atoms with E-state index in [0.717, 1.165) is 5.56 Å². The maximum absolute atomic E-state index is 12.5. The van der Waals surface area contributed by atoms with Gasteiger partial charge in [-0.1, -0.05) is 12.1 Å². The van der Waals surface area contributed by atoms with Crippen molar-refractivity contribution in [3.8, 4) is 16.9 Å². The third kappa shape index (κ3) is 2.69. The molecule has 1 N–H and O–H groups in total. The van der Waals surface area contributed by atoms with Crippen molar-refractivity contribution in [2.45, 2.75) is 6.54 Å². The van der Waals surface area contributed by atoms with Crippen LogP contribution in [-0.4, -0.2) is 21.6 Å². The summed E-state index contributed by atoms with van der Waals surface area (Å²) < 4.78 is 12.0. The molecule has 0 saturated carbocycles. The fourth-order valence-electron chi connectivity index (χ4n) is 2.94. The molecule has 0 unspecified atom stereocenters. The summed E-state index contributed by atoms with van der Waals surface area (Å²) in [6.45, 7) is 0.174. The van der Waals surface area contributed by atoms with Gasteiger partial charge >= 0.3 is 5.69 Å². The number of pyridine rings is 1. The summed E-state index contributed by atoms with van der Waals surface area (Å²) >= 11 is 0. The van der Waals surface area contributed by atoms with Gasteiger partial charge in [0.15, 0.2) is 5.65 Å². The van der Waals surface area contributed by atoms with Crippen LogP contribution in [0, 0.1) is 0 Å². The Hall–Kier alpha value is -3.61. The van der Waals surface area contributed by atoms with E-state index < -0.39 is 11.2 Å². The molecule has 7 heteroatoms. The Morgan fingerprint density at radius 3 is 2.85 bits per heavy atom. The normalized spacial score (nSPS) is 11.0. The molecule has 0 aliphatic carbocycles. The second kappa shape index (κ2) is 6.36. The van der Waals surface area contributed by atoms with E-state index in [9.17, 15) is 9.59 Å². The number of nitrogens with one attached hydrogen (secondary N) is 1. The second-order valence-electron chi connectivity index (χ2n) is 5.71. The Morgan fingerprint density at radius 1 is 1.19 bits per heavy atom. The van der Waals surface area contributed by atoms with Crippen molar-refractivity contribution in [2.24, 2.45) is 0 Å². The van der Waals surface area contributed by atoms with Crippen molar-refractivity contribution in [2.75, 3.05) is 7.11 Å². The molecule has 0 amide bonds. The Bertz CT molecular complexity index is 1190. The number of fused-ring (bicyclic) bond motifs is 1. The molecule has 3 aromatic heterocycles. The van der Waals surface area contributed by atoms with Gasteiger partial charge in [0, 0.05) is 6.20 Å². The monoisotopic (exact) mass is 349 g/mol. The number of hydrogen-bond donors (Lipinski definition) is 1. The van der Waals surface area contributed by atoms with Crippen LogP contribution in [0.25, 0.3) is 22.2 Å². The minimum absolute atomic E-state index is 0.174. The molecule has 0 fully saturated rings. The number of furan rings is 1. The van der Waals surface area contributed by atoms with Crippen molar-refractivity contribution in [1.82, 2.24) is 14.5 Å². The highest BCUT2D eigenvalue weighted by atomic mass is 16.5. The Balaban J connectivity index is 1.99. The first-order chi connectivity index (χ1) is 12.7. The molecule has 4 rings (SSSR count). The van der Waals surface area contributed by atoms with Gasteiger partial charge < -0.3 is 9.15 Å². The minimum Gasteiger partial charge on any atom is -0.497 e. The van der Waals surface area contributed by atoms with E-state index in [1.165, 1.54) is 10.8 Å². The van der Waals surface area contributed by atoms with Crippen LogP contribution >= 0.6 is 0 Å². The lowest BCUT2D eigenvalue weighted by atomic mass is 10.0. The molecule has 0 aliphatic heterocycles. The fraction of sp³-hybridized carbons (Fsp3) is 0.105. The van der Waals surface area contributed by atoms with Crippen molar-refractivity contribution < 1.29 is 9.15 Å². The van der Waals surface area contributed by atoms with E-state index in [1.807, 2.05) is 24.3 Å². The largest absolute Gasteiger partial charge is 0.497 e. The predicted molar refractivity (Wildman–Crippen MR) is 96.4 cm³/mol. The van der Waals surface area contributed by atoms with Crippen LogP contribution in [0.5, 0.6) is 5.75 Å². The number of nitrogens with zero attached hydrogens (tertiary/aromatic N) is 2. The van der Waals surface area contributed by atoms with Crippen LogP contribution < -0.4 is 16.0 Å². The van der Waals surface area contributed by atoms with Gasteiger partial charge in [0.1, 0.15) is 11.5 Å². The zero-order valence-corrected chi connectivity index (χ0v) is 13.9. The number of aromatic nitrogens is 3. The van der Waals surface area contributed by atoms with Crippen molar-refractivity contribution in [1.29, 1.82) is 0 Å². The second-order valence-corrected chi connectivity index (χ2v) is 5.71. The Labute approximate surface area is 147 Å². The molecule has 0 bridgehead atoms. The van der Waals surface area contributed by atoms with Crippen LogP contribution in [0.15, 0.2) is 68.9 Å². The highest BCUT2D eigenvalue weighted by Crippen LogP contribution is 2.27. The minimum atomic E-state index is -0.533. The highest BCUT2D eigenvalue weighted by molar-refractivity contribution is 5.92. The zero-order valence-electron chi connectivity index (χ0n) is 13.9. The molecule has 0 radical (unpaired) electrons. The standard InChI is InChI=1S/C19H15N3O4/c1-25-13-5-2-4-12(10-13)15-7-8-20-17-16(15)18(23)21-19(24)22(17)11-14-6-3-9-26-14/h2-10H,11H2,1H3,(H,21,23,24). The summed E-state index contributed by atoms with van der Waals surface area (Å²) in [6.07, 6.45) is 3.11. The SMILES string of the molecule is COc1cccc(-c2ccnc3c2c(=O)[nH]c(=O)n3Cc2ccco2)c1. The van der Waals surface area contributed by atoms with E-state index in [0.29, 0.717) is 28.1 Å². The van der Waals surface area contributed by atoms with Gasteiger partial charge in [-0.15, -0.1) is 0 Å². The lowest BCUT2D eigenvalue weighted by molar-refractivity contribution is 0.415. The lowest BCUT2D eigenvalue weighted by Crippen LogP contribution is -2.31. The number of methoxy groups -OCH3 is 1. The fourth-order valence-corrected chi connectivity index (χ4v) is 2.94. The predicted octanol–water partition coefficient (Wildman–Crippen LogP) is 2.40. The van der Waals surface area contributed by atoms with Crippen molar-refractivity contribution >= 4 is 11.0 Å². The van der Waals surface area contributed by atoms with Crippen LogP contribution in [-0.2, 0) is 6.54 Å². The maximum Gasteiger partial charge on any atom is 0.330 e. The molecule has 130 valence electrons. The molecule has 4 aromatic rings. The molecule has 26 heavy (non-hydrogen) atoms. The Kier molecular flexibility index (Phi) is 3.89. The van der Waals surface area contributed by atoms with E-state index in [4.69, 9.17) is 9.15 Å². The third-order valence-electron chi connectivity index (χ3n) is 4.15. The third-order valence-corrected chi connectivity index (χ3v) is 4.15. The van der Waals surface area contributed by atoms with E-state index in [2.05, 4.69) is 9.97 Å². The van der Waals surface area contributed by atoms with Crippen LogP contribution in [0.1, 0.15) is 5.76 Å². The molecular weight excluding hydrogens is 334 g/mol. The van der Waals surface area contributed by atoms with E-state index in [1.54, 1.807) is 31.5 Å². The first-order valence-corrected chi connectivity index (χ1v) is 7.96. The molecule has 0 aliphatic rings. The van der Waals surface area contributed by atoms with Crippen LogP contribution in [0.3, 0.4) is 0 Å². The summed E-state index contributed by atoms with van der Waals surface area (Å²) in [7, 11) is 1.58. The maximum atomic E-state index is 12.5. The summed E-state index contributed by atoms with van der Waals surface area (Å²) in [6, 6.07) is 12.6. The number of ether oxygens (including phenoxy) is 1. The molecule has 3 heterocycles. The van der Waals surface area contributed by atoms with Gasteiger partial charge in [-0.3, -0.25) is 14.3 Å². The molecule has 0 saturated heterocycles. The molecule has 0 atom stereocenters. The van der Waals surface area contributed by atoms with Gasteiger partial charge in [-0.25, -0.2) is 9.78 Å². The number of H-pyrrole nitrogens is 1. The average molecular weight is 349 g/mol. The quantitative estimate of drug-likeness (QED) is 0.611. The average Bonchev–Trinajstić information content (AvgIpc) is 3.18. The summed E-state index contributed by atoms with van der Waals surface area (Å²) in [5.41, 5.74) is 0.755. The van der Waals surface area contributed by atoms with Gasteiger partial charge in [0.05, 0.1) is 25.3 Å². The van der Waals surface area contributed by atoms with Gasteiger partial charge in [-0.05, 0) is 41.5 Å². The lowest BCUT2D eigenvalue weighted by Gasteiger charge is -2.11. The first-order valence-electron chi connectivity index (χ1n) is 7.96. The molecular formula is C19H15N3O4. The molecule has 0 spiro atoms. The number of rotatable bonds is 4. The number of benzene rings is 1. The smallest absolute Gasteiger partial charge is 0.330 e. The topological polar surface area (TPSA) is 90.1 Å².